The predicted molar refractivity (Wildman–Crippen MR) is 84.4 cm³/mol. The molecule has 0 spiro atoms. The van der Waals surface area contributed by atoms with Gasteiger partial charge in [0, 0.05) is 20.2 Å². The van der Waals surface area contributed by atoms with Crippen molar-refractivity contribution < 1.29 is 9.47 Å². The first kappa shape index (κ1) is 15.0. The molecule has 4 aliphatic carbocycles. The van der Waals surface area contributed by atoms with E-state index >= 15 is 0 Å². The second-order valence-corrected chi connectivity index (χ2v) is 14.6. The van der Waals surface area contributed by atoms with E-state index in [2.05, 4.69) is 19.6 Å². The summed E-state index contributed by atoms with van der Waals surface area (Å²) in [7, 11) is -0.990. The lowest BCUT2D eigenvalue weighted by molar-refractivity contribution is -0.211. The van der Waals surface area contributed by atoms with Crippen LogP contribution in [-0.4, -0.2) is 32.6 Å². The molecule has 0 aromatic heterocycles. The van der Waals surface area contributed by atoms with Gasteiger partial charge in [-0.05, 0) is 56.4 Å². The second-order valence-electron chi connectivity index (χ2n) is 8.99. The van der Waals surface area contributed by atoms with Gasteiger partial charge in [0.1, 0.15) is 6.79 Å². The first-order valence-corrected chi connectivity index (χ1v) is 12.0. The maximum absolute atomic E-state index is 6.58. The molecule has 0 amide bonds. The molecule has 0 heterocycles. The quantitative estimate of drug-likeness (QED) is 0.464. The van der Waals surface area contributed by atoms with Crippen LogP contribution >= 0.6 is 0 Å². The molecule has 0 saturated heterocycles. The molecule has 4 heteroatoms. The molecule has 2 N–H and O–H groups in total. The highest BCUT2D eigenvalue weighted by atomic mass is 28.3. The number of hydrogen-bond acceptors (Lipinski definition) is 3. The zero-order valence-electron chi connectivity index (χ0n) is 13.4. The van der Waals surface area contributed by atoms with Gasteiger partial charge in [-0.2, -0.15) is 0 Å². The van der Waals surface area contributed by atoms with Crippen LogP contribution in [0.5, 0.6) is 0 Å². The van der Waals surface area contributed by atoms with Gasteiger partial charge in [0.05, 0.1) is 5.60 Å². The van der Waals surface area contributed by atoms with Crippen molar-refractivity contribution in [3.05, 3.63) is 0 Å². The zero-order valence-corrected chi connectivity index (χ0v) is 14.4. The van der Waals surface area contributed by atoms with Crippen molar-refractivity contribution in [1.82, 2.24) is 0 Å². The fourth-order valence-electron chi connectivity index (χ4n) is 5.02. The third-order valence-electron chi connectivity index (χ3n) is 5.50. The molecule has 4 bridgehead atoms. The number of ether oxygens (including phenoxy) is 2. The SMILES string of the molecule is C[Si](C)(C)CCOCOC12CC3CC(CC(N)(C3)C1)C2. The predicted octanol–water partition coefficient (Wildman–Crippen LogP) is 3.37. The maximum Gasteiger partial charge on any atom is 0.147 e. The Morgan fingerprint density at radius 3 is 2.30 bits per heavy atom. The number of nitrogens with two attached hydrogens (primary N) is 1. The standard InChI is InChI=1S/C16H31NO2Si/c1-20(2,3)5-4-18-12-19-16-9-13-6-14(10-16)8-15(17,7-13)11-16/h13-14H,4-12,17H2,1-3H3. The van der Waals surface area contributed by atoms with E-state index in [1.807, 2.05) is 0 Å². The van der Waals surface area contributed by atoms with Crippen molar-refractivity contribution in [3.8, 4) is 0 Å². The van der Waals surface area contributed by atoms with E-state index in [9.17, 15) is 0 Å². The van der Waals surface area contributed by atoms with Crippen LogP contribution in [0.4, 0.5) is 0 Å². The lowest BCUT2D eigenvalue weighted by Gasteiger charge is -2.60. The van der Waals surface area contributed by atoms with E-state index in [4.69, 9.17) is 15.2 Å². The molecule has 4 fully saturated rings. The summed E-state index contributed by atoms with van der Waals surface area (Å²) in [5.74, 6) is 1.62. The highest BCUT2D eigenvalue weighted by Gasteiger charge is 2.57. The van der Waals surface area contributed by atoms with Crippen molar-refractivity contribution in [1.29, 1.82) is 0 Å². The van der Waals surface area contributed by atoms with E-state index < -0.39 is 8.07 Å². The summed E-state index contributed by atoms with van der Waals surface area (Å²) in [5, 5.41) is 0. The monoisotopic (exact) mass is 297 g/mol. The smallest absolute Gasteiger partial charge is 0.147 e. The Hall–Kier alpha value is 0.0969. The molecule has 4 aliphatic rings. The lowest BCUT2D eigenvalue weighted by atomic mass is 9.51. The van der Waals surface area contributed by atoms with Gasteiger partial charge in [-0.25, -0.2) is 0 Å². The van der Waals surface area contributed by atoms with Gasteiger partial charge in [0.2, 0.25) is 0 Å². The van der Waals surface area contributed by atoms with Crippen molar-refractivity contribution in [3.63, 3.8) is 0 Å². The first-order chi connectivity index (χ1) is 9.28. The van der Waals surface area contributed by atoms with Gasteiger partial charge in [-0.15, -0.1) is 0 Å². The molecule has 20 heavy (non-hydrogen) atoms. The van der Waals surface area contributed by atoms with E-state index in [1.54, 1.807) is 0 Å². The van der Waals surface area contributed by atoms with Crippen molar-refractivity contribution in [2.24, 2.45) is 17.6 Å². The Morgan fingerprint density at radius 1 is 1.10 bits per heavy atom. The number of hydrogen-bond donors (Lipinski definition) is 1. The van der Waals surface area contributed by atoms with Crippen LogP contribution in [0.2, 0.25) is 25.7 Å². The van der Waals surface area contributed by atoms with Gasteiger partial charge in [0.25, 0.3) is 0 Å². The second kappa shape index (κ2) is 5.08. The van der Waals surface area contributed by atoms with Crippen LogP contribution in [0, 0.1) is 11.8 Å². The highest BCUT2D eigenvalue weighted by Crippen LogP contribution is 2.57. The molecule has 2 atom stereocenters. The molecule has 2 unspecified atom stereocenters. The summed E-state index contributed by atoms with van der Waals surface area (Å²) < 4.78 is 12.0. The normalized spacial score (nSPS) is 43.2. The summed E-state index contributed by atoms with van der Waals surface area (Å²) >= 11 is 0. The fourth-order valence-corrected chi connectivity index (χ4v) is 5.78. The third-order valence-corrected chi connectivity index (χ3v) is 7.20. The molecule has 0 aromatic carbocycles. The largest absolute Gasteiger partial charge is 0.356 e. The third kappa shape index (κ3) is 3.29. The Morgan fingerprint density at radius 2 is 1.75 bits per heavy atom. The van der Waals surface area contributed by atoms with Crippen LogP contribution in [0.3, 0.4) is 0 Å². The van der Waals surface area contributed by atoms with Crippen LogP contribution in [0.1, 0.15) is 38.5 Å². The van der Waals surface area contributed by atoms with Crippen LogP contribution in [0.15, 0.2) is 0 Å². The Bertz CT molecular complexity index is 352. The van der Waals surface area contributed by atoms with E-state index in [-0.39, 0.29) is 11.1 Å². The minimum absolute atomic E-state index is 0.0536. The van der Waals surface area contributed by atoms with Gasteiger partial charge < -0.3 is 15.2 Å². The topological polar surface area (TPSA) is 44.5 Å². The van der Waals surface area contributed by atoms with Gasteiger partial charge in [-0.1, -0.05) is 19.6 Å². The average Bonchev–Trinajstić information content (AvgIpc) is 2.22. The molecule has 4 saturated carbocycles. The lowest BCUT2D eigenvalue weighted by Crippen LogP contribution is -2.63. The molecular weight excluding hydrogens is 266 g/mol. The van der Waals surface area contributed by atoms with Gasteiger partial charge in [-0.3, -0.25) is 0 Å². The summed E-state index contributed by atoms with van der Waals surface area (Å²) in [6.07, 6.45) is 7.35. The molecule has 4 rings (SSSR count). The van der Waals surface area contributed by atoms with Crippen molar-refractivity contribution >= 4 is 8.07 Å². The Balaban J connectivity index is 1.48. The highest BCUT2D eigenvalue weighted by molar-refractivity contribution is 6.76. The van der Waals surface area contributed by atoms with Crippen molar-refractivity contribution in [2.75, 3.05) is 13.4 Å². The molecule has 116 valence electrons. The zero-order chi connectivity index (χ0) is 14.4. The minimum Gasteiger partial charge on any atom is -0.356 e. The molecular formula is C16H31NO2Si. The summed E-state index contributed by atoms with van der Waals surface area (Å²) in [6, 6.07) is 1.22. The Labute approximate surface area is 124 Å². The van der Waals surface area contributed by atoms with E-state index in [0.29, 0.717) is 6.79 Å². The fraction of sp³-hybridized carbons (Fsp3) is 1.00. The average molecular weight is 298 g/mol. The van der Waals surface area contributed by atoms with Crippen LogP contribution in [0.25, 0.3) is 0 Å². The molecule has 0 radical (unpaired) electrons. The molecule has 3 nitrogen and oxygen atoms in total. The summed E-state index contributed by atoms with van der Waals surface area (Å²) in [6.45, 7) is 8.48. The summed E-state index contributed by atoms with van der Waals surface area (Å²) in [4.78, 5) is 0. The minimum atomic E-state index is -0.990. The summed E-state index contributed by atoms with van der Waals surface area (Å²) in [5.41, 5.74) is 6.70. The number of rotatable bonds is 6. The van der Waals surface area contributed by atoms with Gasteiger partial charge >= 0.3 is 0 Å². The van der Waals surface area contributed by atoms with Crippen LogP contribution < -0.4 is 5.73 Å². The van der Waals surface area contributed by atoms with Gasteiger partial charge in [0.15, 0.2) is 0 Å². The maximum atomic E-state index is 6.58. The first-order valence-electron chi connectivity index (χ1n) is 8.28. The molecule has 0 aromatic rings. The van der Waals surface area contributed by atoms with E-state index in [1.165, 1.54) is 38.1 Å². The van der Waals surface area contributed by atoms with Crippen LogP contribution in [-0.2, 0) is 9.47 Å². The van der Waals surface area contributed by atoms with E-state index in [0.717, 1.165) is 24.9 Å². The molecule has 0 aliphatic heterocycles. The van der Waals surface area contributed by atoms with Crippen molar-refractivity contribution in [2.45, 2.75) is 75.4 Å². The Kier molecular flexibility index (Phi) is 3.81.